The number of hydrogen-bond donors (Lipinski definition) is 2. The number of rotatable bonds is 3. The van der Waals surface area contributed by atoms with Crippen molar-refractivity contribution in [2.45, 2.75) is 13.0 Å². The summed E-state index contributed by atoms with van der Waals surface area (Å²) >= 11 is 0. The standard InChI is InChI=1S/C6H10N2O3.Ar/c1-4(10)8-5(3-9)6(11)7-2;/h5,9H,2-3H2,1H3,(H,8,10);. The molecule has 0 aliphatic carbocycles. The van der Waals surface area contributed by atoms with E-state index in [2.05, 4.69) is 17.0 Å². The third kappa shape index (κ3) is 5.65. The molecule has 0 aliphatic rings. The van der Waals surface area contributed by atoms with Gasteiger partial charge in [0, 0.05) is 44.7 Å². The van der Waals surface area contributed by atoms with Gasteiger partial charge in [-0.2, -0.15) is 0 Å². The van der Waals surface area contributed by atoms with Crippen molar-refractivity contribution in [3.05, 3.63) is 0 Å². The van der Waals surface area contributed by atoms with Gasteiger partial charge in [-0.15, -0.1) is 0 Å². The Morgan fingerprint density at radius 3 is 2.42 bits per heavy atom. The van der Waals surface area contributed by atoms with Crippen LogP contribution in [0.5, 0.6) is 0 Å². The van der Waals surface area contributed by atoms with Gasteiger partial charge in [-0.25, -0.2) is 4.99 Å². The maximum Gasteiger partial charge on any atom is 0.270 e. The minimum atomic E-state index is -0.954. The summed E-state index contributed by atoms with van der Waals surface area (Å²) in [6.07, 6.45) is 0. The molecular weight excluding hydrogens is 188 g/mol. The number of aliphatic hydroxyl groups is 1. The molecule has 0 radical (unpaired) electrons. The van der Waals surface area contributed by atoms with Gasteiger partial charge in [-0.3, -0.25) is 9.59 Å². The van der Waals surface area contributed by atoms with Gasteiger partial charge < -0.3 is 10.4 Å². The van der Waals surface area contributed by atoms with Crippen molar-refractivity contribution in [3.63, 3.8) is 0 Å². The Kier molecular flexibility index (Phi) is 9.30. The Labute approximate surface area is 100 Å². The van der Waals surface area contributed by atoms with E-state index in [9.17, 15) is 9.59 Å². The number of aliphatic imine (C=N–C) groups is 1. The van der Waals surface area contributed by atoms with Crippen LogP contribution >= 0.6 is 0 Å². The molecule has 5 nitrogen and oxygen atoms in total. The first-order valence-corrected chi connectivity index (χ1v) is 3.00. The molecule has 0 heterocycles. The number of nitrogens with zero attached hydrogens (tertiary/aromatic N) is 1. The van der Waals surface area contributed by atoms with E-state index < -0.39 is 18.6 Å². The molecule has 0 spiro atoms. The molecule has 0 rings (SSSR count). The van der Waals surface area contributed by atoms with Crippen LogP contribution in [0, 0.1) is 37.7 Å². The molecule has 0 aromatic carbocycles. The third-order valence-electron chi connectivity index (χ3n) is 1.01. The Morgan fingerprint density at radius 2 is 2.17 bits per heavy atom. The van der Waals surface area contributed by atoms with Crippen LogP contribution in [-0.2, 0) is 9.59 Å². The zero-order valence-corrected chi connectivity index (χ0v) is 7.26. The predicted molar refractivity (Wildman–Crippen MR) is 39.2 cm³/mol. The fourth-order valence-electron chi connectivity index (χ4n) is 0.541. The largest absolute Gasteiger partial charge is 0.394 e. The van der Waals surface area contributed by atoms with Gasteiger partial charge in [-0.05, 0) is 6.72 Å². The van der Waals surface area contributed by atoms with Gasteiger partial charge in [-0.1, -0.05) is 0 Å². The molecule has 0 bridgehead atoms. The quantitative estimate of drug-likeness (QED) is 0.554. The molecule has 2 amide bonds. The molecule has 70 valence electrons. The van der Waals surface area contributed by atoms with Crippen molar-refractivity contribution >= 4 is 18.5 Å². The molecular formula is C6H10ArN2O3. The minimum absolute atomic E-state index is 0. The molecule has 0 aromatic rings. The van der Waals surface area contributed by atoms with Crippen LogP contribution in [0.25, 0.3) is 0 Å². The van der Waals surface area contributed by atoms with Crippen LogP contribution in [0.2, 0.25) is 0 Å². The first-order valence-electron chi connectivity index (χ1n) is 3.00. The van der Waals surface area contributed by atoms with E-state index in [0.717, 1.165) is 0 Å². The molecule has 1 unspecified atom stereocenters. The van der Waals surface area contributed by atoms with Crippen molar-refractivity contribution in [1.82, 2.24) is 5.32 Å². The van der Waals surface area contributed by atoms with Crippen molar-refractivity contribution in [3.8, 4) is 0 Å². The monoisotopic (exact) mass is 198 g/mol. The fraction of sp³-hybridized carbons (Fsp3) is 0.500. The Morgan fingerprint density at radius 1 is 1.67 bits per heavy atom. The smallest absolute Gasteiger partial charge is 0.270 e. The average Bonchev–Trinajstić information content (AvgIpc) is 1.98. The second kappa shape index (κ2) is 7.67. The van der Waals surface area contributed by atoms with Crippen molar-refractivity contribution in [2.24, 2.45) is 4.99 Å². The molecule has 0 saturated carbocycles. The van der Waals surface area contributed by atoms with Crippen LogP contribution in [0.1, 0.15) is 6.92 Å². The zero-order chi connectivity index (χ0) is 8.85. The summed E-state index contributed by atoms with van der Waals surface area (Å²) in [4.78, 5) is 24.1. The first kappa shape index (κ1) is 14.5. The van der Waals surface area contributed by atoms with Crippen LogP contribution in [0.4, 0.5) is 0 Å². The summed E-state index contributed by atoms with van der Waals surface area (Å²) in [5, 5.41) is 10.8. The summed E-state index contributed by atoms with van der Waals surface area (Å²) in [6.45, 7) is 3.76. The van der Waals surface area contributed by atoms with Gasteiger partial charge in [0.15, 0.2) is 0 Å². The molecule has 2 N–H and O–H groups in total. The first-order chi connectivity index (χ1) is 5.11. The van der Waals surface area contributed by atoms with E-state index >= 15 is 0 Å². The van der Waals surface area contributed by atoms with E-state index in [4.69, 9.17) is 5.11 Å². The Bertz CT molecular complexity index is 184. The number of amides is 2. The second-order valence-corrected chi connectivity index (χ2v) is 1.93. The zero-order valence-electron chi connectivity index (χ0n) is 6.56. The van der Waals surface area contributed by atoms with E-state index in [-0.39, 0.29) is 43.6 Å². The normalized spacial score (nSPS) is 10.8. The Balaban J connectivity index is 0. The van der Waals surface area contributed by atoms with Gasteiger partial charge in [0.2, 0.25) is 5.91 Å². The maximum atomic E-state index is 10.7. The third-order valence-corrected chi connectivity index (χ3v) is 1.01. The van der Waals surface area contributed by atoms with Crippen LogP contribution in [-0.4, -0.2) is 36.3 Å². The fourth-order valence-corrected chi connectivity index (χ4v) is 0.541. The van der Waals surface area contributed by atoms with E-state index in [1.165, 1.54) is 6.92 Å². The van der Waals surface area contributed by atoms with Gasteiger partial charge >= 0.3 is 0 Å². The van der Waals surface area contributed by atoms with Gasteiger partial charge in [0.05, 0.1) is 6.61 Å². The van der Waals surface area contributed by atoms with Gasteiger partial charge in [0.25, 0.3) is 5.91 Å². The molecule has 6 heteroatoms. The number of carbonyl (C=O) groups is 2. The molecule has 12 heavy (non-hydrogen) atoms. The molecule has 0 aromatic heterocycles. The summed E-state index contributed by atoms with van der Waals surface area (Å²) in [5.74, 6) is -1.02. The minimum Gasteiger partial charge on any atom is -0.394 e. The summed E-state index contributed by atoms with van der Waals surface area (Å²) < 4.78 is 0. The maximum absolute atomic E-state index is 10.7. The summed E-state index contributed by atoms with van der Waals surface area (Å²) in [6, 6.07) is -0.954. The number of aliphatic hydroxyl groups excluding tert-OH is 1. The SMILES string of the molecule is C=NC(=O)C(CO)NC(C)=O.[Ar]. The number of carbonyl (C=O) groups excluding carboxylic acids is 2. The van der Waals surface area contributed by atoms with Crippen molar-refractivity contribution in [2.75, 3.05) is 6.61 Å². The van der Waals surface area contributed by atoms with Crippen LogP contribution < -0.4 is 5.32 Å². The second-order valence-electron chi connectivity index (χ2n) is 1.93. The number of hydrogen-bond acceptors (Lipinski definition) is 3. The van der Waals surface area contributed by atoms with Gasteiger partial charge in [0.1, 0.15) is 6.04 Å². The topological polar surface area (TPSA) is 78.8 Å². The van der Waals surface area contributed by atoms with E-state index in [1.807, 2.05) is 0 Å². The average molecular weight is 198 g/mol. The van der Waals surface area contributed by atoms with E-state index in [0.29, 0.717) is 0 Å². The van der Waals surface area contributed by atoms with Crippen LogP contribution in [0.15, 0.2) is 4.99 Å². The van der Waals surface area contributed by atoms with Crippen LogP contribution in [0.3, 0.4) is 0 Å². The molecule has 0 aliphatic heterocycles. The Hall–Kier alpha value is 0.0297. The molecule has 0 fully saturated rings. The van der Waals surface area contributed by atoms with Crippen molar-refractivity contribution < 1.29 is 52.4 Å². The number of nitrogens with one attached hydrogen (secondary N) is 1. The summed E-state index contributed by atoms with van der Waals surface area (Å²) in [5.41, 5.74) is 0. The van der Waals surface area contributed by atoms with E-state index in [1.54, 1.807) is 0 Å². The summed E-state index contributed by atoms with van der Waals surface area (Å²) in [7, 11) is 0. The predicted octanol–water partition coefficient (Wildman–Crippen LogP) is -1.29. The molecule has 1 atom stereocenters. The molecule has 0 saturated heterocycles. The van der Waals surface area contributed by atoms with Crippen molar-refractivity contribution in [1.29, 1.82) is 0 Å².